The second-order valence-electron chi connectivity index (χ2n) is 6.00. The number of carbonyl (C=O) groups excluding carboxylic acids is 1. The monoisotopic (exact) mass is 357 g/mol. The summed E-state index contributed by atoms with van der Waals surface area (Å²) in [6.45, 7) is 6.14. The molecule has 7 heteroatoms. The number of nitrogens with one attached hydrogen (secondary N) is 1. The molecule has 0 bridgehead atoms. The molecule has 0 aliphatic heterocycles. The lowest BCUT2D eigenvalue weighted by Gasteiger charge is -2.14. The Balaban J connectivity index is 2.55. The van der Waals surface area contributed by atoms with E-state index in [0.29, 0.717) is 18.2 Å². The number of H-pyrrole nitrogens is 1. The van der Waals surface area contributed by atoms with Gasteiger partial charge in [0.15, 0.2) is 9.84 Å². The lowest BCUT2D eigenvalue weighted by molar-refractivity contribution is -0.144. The van der Waals surface area contributed by atoms with Crippen LogP contribution in [0, 0.1) is 12.8 Å². The van der Waals surface area contributed by atoms with E-state index in [1.54, 1.807) is 6.92 Å². The largest absolute Gasteiger partial charge is 0.465 e. The van der Waals surface area contributed by atoms with Crippen molar-refractivity contribution in [3.63, 3.8) is 0 Å². The highest BCUT2D eigenvalue weighted by molar-refractivity contribution is 7.91. The van der Waals surface area contributed by atoms with Crippen LogP contribution in [0.15, 0.2) is 21.8 Å². The quantitative estimate of drug-likeness (QED) is 0.650. The Bertz CT molecular complexity index is 693. The Kier molecular flexibility index (Phi) is 8.18. The summed E-state index contributed by atoms with van der Waals surface area (Å²) in [5, 5.41) is 0. The molecule has 0 saturated heterocycles. The maximum absolute atomic E-state index is 12.2. The van der Waals surface area contributed by atoms with Gasteiger partial charge in [0.1, 0.15) is 4.90 Å². The first-order valence-corrected chi connectivity index (χ1v) is 10.0. The number of aromatic nitrogens is 1. The maximum Gasteiger partial charge on any atom is 0.306 e. The van der Waals surface area contributed by atoms with Gasteiger partial charge in [-0.2, -0.15) is 0 Å². The summed E-state index contributed by atoms with van der Waals surface area (Å²) in [5.74, 6) is -0.661. The van der Waals surface area contributed by atoms with Gasteiger partial charge in [0.2, 0.25) is 0 Å². The molecule has 1 aromatic rings. The van der Waals surface area contributed by atoms with E-state index in [1.165, 1.54) is 12.1 Å². The minimum Gasteiger partial charge on any atom is -0.465 e. The van der Waals surface area contributed by atoms with Gasteiger partial charge in [0.25, 0.3) is 5.56 Å². The Hall–Kier alpha value is -1.63. The first kappa shape index (κ1) is 20.4. The van der Waals surface area contributed by atoms with Crippen LogP contribution in [0.5, 0.6) is 0 Å². The molecule has 1 N–H and O–H groups in total. The zero-order valence-corrected chi connectivity index (χ0v) is 15.4. The first-order chi connectivity index (χ1) is 11.3. The molecular weight excluding hydrogens is 330 g/mol. The zero-order valence-electron chi connectivity index (χ0n) is 14.6. The number of esters is 1. The molecule has 0 unspecified atom stereocenters. The van der Waals surface area contributed by atoms with E-state index in [9.17, 15) is 18.0 Å². The van der Waals surface area contributed by atoms with Gasteiger partial charge in [-0.3, -0.25) is 9.59 Å². The van der Waals surface area contributed by atoms with Crippen LogP contribution in [0.3, 0.4) is 0 Å². The van der Waals surface area contributed by atoms with Gasteiger partial charge >= 0.3 is 5.97 Å². The van der Waals surface area contributed by atoms with Gasteiger partial charge in [0, 0.05) is 5.69 Å². The summed E-state index contributed by atoms with van der Waals surface area (Å²) in [6, 6.07) is 2.79. The Labute approximate surface area is 143 Å². The van der Waals surface area contributed by atoms with Gasteiger partial charge in [-0.15, -0.1) is 0 Å². The Morgan fingerprint density at radius 2 is 2.00 bits per heavy atom. The minimum absolute atomic E-state index is 0.250. The van der Waals surface area contributed by atoms with E-state index < -0.39 is 27.1 Å². The van der Waals surface area contributed by atoms with Gasteiger partial charge < -0.3 is 9.72 Å². The average Bonchev–Trinajstić information content (AvgIpc) is 2.53. The molecule has 1 atom stereocenters. The van der Waals surface area contributed by atoms with E-state index in [1.807, 2.05) is 6.92 Å². The number of carbonyl (C=O) groups is 1. The number of unbranched alkanes of at least 4 members (excludes halogenated alkanes) is 1. The molecule has 0 amide bonds. The fourth-order valence-electron chi connectivity index (χ4n) is 2.31. The second kappa shape index (κ2) is 9.61. The topological polar surface area (TPSA) is 93.3 Å². The number of ether oxygens (including phenoxy) is 1. The van der Waals surface area contributed by atoms with Gasteiger partial charge in [-0.25, -0.2) is 8.42 Å². The van der Waals surface area contributed by atoms with Crippen LogP contribution in [0.4, 0.5) is 0 Å². The summed E-state index contributed by atoms with van der Waals surface area (Å²) in [5.41, 5.74) is -0.0787. The highest BCUT2D eigenvalue weighted by Gasteiger charge is 2.21. The maximum atomic E-state index is 12.2. The normalized spacial score (nSPS) is 12.8. The number of pyridine rings is 1. The van der Waals surface area contributed by atoms with Crippen molar-refractivity contribution in [3.8, 4) is 0 Å². The third-order valence-electron chi connectivity index (χ3n) is 3.95. The van der Waals surface area contributed by atoms with Crippen molar-refractivity contribution in [2.24, 2.45) is 5.92 Å². The average molecular weight is 357 g/mol. The molecule has 0 saturated carbocycles. The fourth-order valence-corrected chi connectivity index (χ4v) is 3.58. The summed E-state index contributed by atoms with van der Waals surface area (Å²) < 4.78 is 29.5. The van der Waals surface area contributed by atoms with Crippen LogP contribution in [-0.4, -0.2) is 31.7 Å². The summed E-state index contributed by atoms with van der Waals surface area (Å²) in [7, 11) is -3.81. The standard InChI is InChI=1S/C17H27NO5S/c1-4-6-7-14(5-2)12-23-16(19)10-11-24(21,22)15-9-8-13(3)18-17(15)20/h8-9,14H,4-7,10-12H2,1-3H3,(H,18,20)/t14-/m1/s1. The summed E-state index contributed by atoms with van der Waals surface area (Å²) in [4.78, 5) is 25.7. The number of aromatic amines is 1. The van der Waals surface area contributed by atoms with Crippen molar-refractivity contribution in [2.45, 2.75) is 57.8 Å². The van der Waals surface area contributed by atoms with Crippen LogP contribution in [0.25, 0.3) is 0 Å². The van der Waals surface area contributed by atoms with Crippen molar-refractivity contribution < 1.29 is 17.9 Å². The van der Waals surface area contributed by atoms with Gasteiger partial charge in [-0.05, 0) is 31.4 Å². The van der Waals surface area contributed by atoms with Gasteiger partial charge in [0.05, 0.1) is 18.8 Å². The number of aryl methyl sites for hydroxylation is 1. The van der Waals surface area contributed by atoms with E-state index >= 15 is 0 Å². The lowest BCUT2D eigenvalue weighted by atomic mass is 10.0. The first-order valence-electron chi connectivity index (χ1n) is 8.38. The summed E-state index contributed by atoms with van der Waals surface area (Å²) in [6.07, 6.45) is 3.84. The number of hydrogen-bond acceptors (Lipinski definition) is 5. The van der Waals surface area contributed by atoms with Crippen molar-refractivity contribution in [3.05, 3.63) is 28.2 Å². The molecule has 0 spiro atoms. The molecule has 0 aliphatic carbocycles. The third kappa shape index (κ3) is 6.47. The number of hydrogen-bond donors (Lipinski definition) is 1. The fraction of sp³-hybridized carbons (Fsp3) is 0.647. The number of rotatable bonds is 10. The molecule has 1 aromatic heterocycles. The molecule has 6 nitrogen and oxygen atoms in total. The van der Waals surface area contributed by atoms with Crippen molar-refractivity contribution in [1.82, 2.24) is 4.98 Å². The predicted octanol–water partition coefficient (Wildman–Crippen LogP) is 2.61. The zero-order chi connectivity index (χ0) is 18.2. The van der Waals surface area contributed by atoms with E-state index in [-0.39, 0.29) is 11.3 Å². The SMILES string of the molecule is CCCC[C@@H](CC)COC(=O)CCS(=O)(=O)c1ccc(C)[nH]c1=O. The van der Waals surface area contributed by atoms with Crippen LogP contribution in [0.2, 0.25) is 0 Å². The van der Waals surface area contributed by atoms with E-state index in [4.69, 9.17) is 4.74 Å². The van der Waals surface area contributed by atoms with Crippen molar-refractivity contribution >= 4 is 15.8 Å². The Morgan fingerprint density at radius 3 is 2.58 bits per heavy atom. The molecule has 0 aromatic carbocycles. The van der Waals surface area contributed by atoms with Crippen LogP contribution in [0.1, 0.15) is 51.6 Å². The molecule has 0 aliphatic rings. The molecule has 1 heterocycles. The predicted molar refractivity (Wildman–Crippen MR) is 92.7 cm³/mol. The van der Waals surface area contributed by atoms with Crippen LogP contribution >= 0.6 is 0 Å². The van der Waals surface area contributed by atoms with Crippen LogP contribution < -0.4 is 5.56 Å². The van der Waals surface area contributed by atoms with E-state index in [2.05, 4.69) is 11.9 Å². The van der Waals surface area contributed by atoms with Gasteiger partial charge in [-0.1, -0.05) is 33.1 Å². The molecule has 0 fully saturated rings. The molecular formula is C17H27NO5S. The molecule has 24 heavy (non-hydrogen) atoms. The second-order valence-corrected chi connectivity index (χ2v) is 8.08. The minimum atomic E-state index is -3.81. The Morgan fingerprint density at radius 1 is 1.29 bits per heavy atom. The molecule has 1 rings (SSSR count). The van der Waals surface area contributed by atoms with Crippen molar-refractivity contribution in [2.75, 3.05) is 12.4 Å². The number of sulfone groups is 1. The highest BCUT2D eigenvalue weighted by atomic mass is 32.2. The summed E-state index contributed by atoms with van der Waals surface area (Å²) >= 11 is 0. The van der Waals surface area contributed by atoms with Crippen molar-refractivity contribution in [1.29, 1.82) is 0 Å². The third-order valence-corrected chi connectivity index (χ3v) is 5.69. The molecule has 0 radical (unpaired) electrons. The van der Waals surface area contributed by atoms with Crippen LogP contribution in [-0.2, 0) is 19.4 Å². The highest BCUT2D eigenvalue weighted by Crippen LogP contribution is 2.13. The lowest BCUT2D eigenvalue weighted by Crippen LogP contribution is -2.22. The smallest absolute Gasteiger partial charge is 0.306 e. The van der Waals surface area contributed by atoms with E-state index in [0.717, 1.165) is 25.7 Å². The molecule has 136 valence electrons.